The maximum Gasteiger partial charge on any atom is 0.243 e. The molecule has 5 nitrogen and oxygen atoms in total. The number of rotatable bonds is 4. The van der Waals surface area contributed by atoms with E-state index >= 15 is 0 Å². The third kappa shape index (κ3) is 4.31. The van der Waals surface area contributed by atoms with Gasteiger partial charge in [-0.05, 0) is 61.4 Å². The molecule has 0 bridgehead atoms. The molecule has 1 saturated heterocycles. The van der Waals surface area contributed by atoms with Crippen LogP contribution < -0.4 is 5.32 Å². The SMILES string of the molecule is O=C(Nc1ccc(F)cc1)C1CCN(S(=O)(=O)c2ccc(Br)cc2)CC1. The summed E-state index contributed by atoms with van der Waals surface area (Å²) in [6.45, 7) is 0.583. The van der Waals surface area contributed by atoms with E-state index in [0.29, 0.717) is 31.6 Å². The molecule has 0 atom stereocenters. The first-order chi connectivity index (χ1) is 12.4. The summed E-state index contributed by atoms with van der Waals surface area (Å²) in [4.78, 5) is 12.6. The van der Waals surface area contributed by atoms with Crippen molar-refractivity contribution in [3.63, 3.8) is 0 Å². The van der Waals surface area contributed by atoms with E-state index in [2.05, 4.69) is 21.2 Å². The number of amides is 1. The normalized spacial score (nSPS) is 16.4. The van der Waals surface area contributed by atoms with E-state index in [4.69, 9.17) is 0 Å². The van der Waals surface area contributed by atoms with Crippen LogP contribution in [0.25, 0.3) is 0 Å². The fraction of sp³-hybridized carbons (Fsp3) is 0.278. The number of carbonyl (C=O) groups is 1. The molecule has 1 amide bonds. The Morgan fingerprint density at radius 3 is 2.19 bits per heavy atom. The average Bonchev–Trinajstić information content (AvgIpc) is 2.64. The largest absolute Gasteiger partial charge is 0.326 e. The van der Waals surface area contributed by atoms with Crippen molar-refractivity contribution in [2.24, 2.45) is 5.92 Å². The molecule has 1 aliphatic heterocycles. The standard InChI is InChI=1S/C18H18BrFN2O3S/c19-14-1-7-17(8-2-14)26(24,25)22-11-9-13(10-12-22)18(23)21-16-5-3-15(20)4-6-16/h1-8,13H,9-12H2,(H,21,23). The fourth-order valence-corrected chi connectivity index (χ4v) is 4.63. The van der Waals surface area contributed by atoms with E-state index in [1.807, 2.05) is 0 Å². The van der Waals surface area contributed by atoms with Gasteiger partial charge in [0.15, 0.2) is 0 Å². The topological polar surface area (TPSA) is 66.5 Å². The number of nitrogens with one attached hydrogen (secondary N) is 1. The summed E-state index contributed by atoms with van der Waals surface area (Å²) < 4.78 is 40.5. The number of halogens is 2. The monoisotopic (exact) mass is 440 g/mol. The lowest BCUT2D eigenvalue weighted by Crippen LogP contribution is -2.41. The molecule has 1 fully saturated rings. The number of hydrogen-bond donors (Lipinski definition) is 1. The van der Waals surface area contributed by atoms with Gasteiger partial charge < -0.3 is 5.32 Å². The minimum atomic E-state index is -3.55. The number of sulfonamides is 1. The van der Waals surface area contributed by atoms with Crippen LogP contribution in [-0.2, 0) is 14.8 Å². The molecular formula is C18H18BrFN2O3S. The number of hydrogen-bond acceptors (Lipinski definition) is 3. The summed E-state index contributed by atoms with van der Waals surface area (Å²) in [6.07, 6.45) is 0.894. The fourth-order valence-electron chi connectivity index (χ4n) is 2.89. The molecule has 0 radical (unpaired) electrons. The quantitative estimate of drug-likeness (QED) is 0.788. The van der Waals surface area contributed by atoms with Gasteiger partial charge in [-0.1, -0.05) is 15.9 Å². The zero-order valence-electron chi connectivity index (χ0n) is 13.9. The summed E-state index contributed by atoms with van der Waals surface area (Å²) in [5, 5.41) is 2.75. The van der Waals surface area contributed by atoms with Gasteiger partial charge in [0.05, 0.1) is 4.90 Å². The lowest BCUT2D eigenvalue weighted by molar-refractivity contribution is -0.120. The van der Waals surface area contributed by atoms with Gasteiger partial charge >= 0.3 is 0 Å². The molecule has 138 valence electrons. The van der Waals surface area contributed by atoms with Crippen LogP contribution in [0, 0.1) is 11.7 Å². The Balaban J connectivity index is 1.60. The Morgan fingerprint density at radius 2 is 1.62 bits per heavy atom. The van der Waals surface area contributed by atoms with Gasteiger partial charge in [0, 0.05) is 29.2 Å². The third-order valence-corrected chi connectivity index (χ3v) is 6.83. The smallest absolute Gasteiger partial charge is 0.243 e. The van der Waals surface area contributed by atoms with Crippen LogP contribution in [0.1, 0.15) is 12.8 Å². The lowest BCUT2D eigenvalue weighted by atomic mass is 9.97. The second kappa shape index (κ2) is 7.85. The van der Waals surface area contributed by atoms with Crippen LogP contribution in [0.5, 0.6) is 0 Å². The highest BCUT2D eigenvalue weighted by Gasteiger charge is 2.32. The van der Waals surface area contributed by atoms with Crippen molar-refractivity contribution >= 4 is 37.5 Å². The molecule has 0 spiro atoms. The molecule has 0 unspecified atom stereocenters. The molecule has 2 aromatic carbocycles. The van der Waals surface area contributed by atoms with Crippen molar-refractivity contribution in [2.75, 3.05) is 18.4 Å². The molecule has 0 aromatic heterocycles. The Morgan fingerprint density at radius 1 is 1.04 bits per heavy atom. The van der Waals surface area contributed by atoms with Crippen molar-refractivity contribution in [3.05, 3.63) is 58.8 Å². The zero-order chi connectivity index (χ0) is 18.7. The van der Waals surface area contributed by atoms with Gasteiger partial charge in [0.1, 0.15) is 5.82 Å². The van der Waals surface area contributed by atoms with Gasteiger partial charge in [0.2, 0.25) is 15.9 Å². The minimum absolute atomic E-state index is 0.169. The first kappa shape index (κ1) is 19.0. The molecule has 26 heavy (non-hydrogen) atoms. The van der Waals surface area contributed by atoms with Gasteiger partial charge in [-0.15, -0.1) is 0 Å². The van der Waals surface area contributed by atoms with Crippen LogP contribution in [-0.4, -0.2) is 31.7 Å². The number of piperidine rings is 1. The van der Waals surface area contributed by atoms with Gasteiger partial charge in [-0.3, -0.25) is 4.79 Å². The van der Waals surface area contributed by atoms with Crippen LogP contribution in [0.4, 0.5) is 10.1 Å². The maximum absolute atomic E-state index is 12.9. The second-order valence-electron chi connectivity index (χ2n) is 6.13. The van der Waals surface area contributed by atoms with Gasteiger partial charge in [-0.2, -0.15) is 4.31 Å². The average molecular weight is 441 g/mol. The highest BCUT2D eigenvalue weighted by Crippen LogP contribution is 2.25. The van der Waals surface area contributed by atoms with Gasteiger partial charge in [-0.25, -0.2) is 12.8 Å². The van der Waals surface area contributed by atoms with Crippen LogP contribution in [0.3, 0.4) is 0 Å². The van der Waals surface area contributed by atoms with E-state index in [9.17, 15) is 17.6 Å². The molecule has 1 aliphatic rings. The van der Waals surface area contributed by atoms with E-state index in [-0.39, 0.29) is 22.5 Å². The van der Waals surface area contributed by atoms with Crippen LogP contribution in [0.15, 0.2) is 57.9 Å². The highest BCUT2D eigenvalue weighted by molar-refractivity contribution is 9.10. The molecule has 1 N–H and O–H groups in total. The van der Waals surface area contributed by atoms with Crippen molar-refractivity contribution in [1.29, 1.82) is 0 Å². The first-order valence-electron chi connectivity index (χ1n) is 8.18. The molecule has 1 heterocycles. The Kier molecular flexibility index (Phi) is 5.74. The van der Waals surface area contributed by atoms with Crippen molar-refractivity contribution in [1.82, 2.24) is 4.31 Å². The van der Waals surface area contributed by atoms with E-state index in [0.717, 1.165) is 4.47 Å². The van der Waals surface area contributed by atoms with Crippen LogP contribution in [0.2, 0.25) is 0 Å². The molecular weight excluding hydrogens is 423 g/mol. The Hall–Kier alpha value is -1.77. The maximum atomic E-state index is 12.9. The summed E-state index contributed by atoms with van der Waals surface area (Å²) in [7, 11) is -3.55. The highest BCUT2D eigenvalue weighted by atomic mass is 79.9. The molecule has 0 saturated carbocycles. The number of anilines is 1. The molecule has 8 heteroatoms. The van der Waals surface area contributed by atoms with Crippen molar-refractivity contribution in [2.45, 2.75) is 17.7 Å². The van der Waals surface area contributed by atoms with Crippen LogP contribution >= 0.6 is 15.9 Å². The summed E-state index contributed by atoms with van der Waals surface area (Å²) >= 11 is 3.29. The Bertz CT molecular complexity index is 878. The summed E-state index contributed by atoms with van der Waals surface area (Å²) in [6, 6.07) is 12.1. The predicted octanol–water partition coefficient (Wildman–Crippen LogP) is 3.63. The van der Waals surface area contributed by atoms with Crippen molar-refractivity contribution in [3.8, 4) is 0 Å². The summed E-state index contributed by atoms with van der Waals surface area (Å²) in [5.74, 6) is -0.803. The Labute approximate surface area is 160 Å². The molecule has 0 aliphatic carbocycles. The zero-order valence-corrected chi connectivity index (χ0v) is 16.3. The van der Waals surface area contributed by atoms with Crippen molar-refractivity contribution < 1.29 is 17.6 Å². The number of benzene rings is 2. The van der Waals surface area contributed by atoms with E-state index in [1.165, 1.54) is 28.6 Å². The lowest BCUT2D eigenvalue weighted by Gasteiger charge is -2.30. The van der Waals surface area contributed by atoms with E-state index in [1.54, 1.807) is 24.3 Å². The first-order valence-corrected chi connectivity index (χ1v) is 10.4. The summed E-state index contributed by atoms with van der Waals surface area (Å²) in [5.41, 5.74) is 0.529. The number of nitrogens with zero attached hydrogens (tertiary/aromatic N) is 1. The second-order valence-corrected chi connectivity index (χ2v) is 8.98. The van der Waals surface area contributed by atoms with Gasteiger partial charge in [0.25, 0.3) is 0 Å². The van der Waals surface area contributed by atoms with E-state index < -0.39 is 10.0 Å². The minimum Gasteiger partial charge on any atom is -0.326 e. The third-order valence-electron chi connectivity index (χ3n) is 4.39. The molecule has 3 rings (SSSR count). The number of carbonyl (C=O) groups excluding carboxylic acids is 1. The predicted molar refractivity (Wildman–Crippen MR) is 101 cm³/mol. The molecule has 2 aromatic rings.